The highest BCUT2D eigenvalue weighted by Gasteiger charge is 2.15. The first-order valence-corrected chi connectivity index (χ1v) is 5.32. The van der Waals surface area contributed by atoms with E-state index >= 15 is 0 Å². The highest BCUT2D eigenvalue weighted by Crippen LogP contribution is 2.22. The minimum Gasteiger partial charge on any atom is -0.469 e. The molecule has 0 bridgehead atoms. The number of furan rings is 1. The van der Waals surface area contributed by atoms with Crippen LogP contribution in [0, 0.1) is 18.6 Å². The Morgan fingerprint density at radius 1 is 1.29 bits per heavy atom. The van der Waals surface area contributed by atoms with Crippen molar-refractivity contribution in [1.82, 2.24) is 0 Å². The summed E-state index contributed by atoms with van der Waals surface area (Å²) in [5.41, 5.74) is 7.03. The Morgan fingerprint density at radius 2 is 2.06 bits per heavy atom. The van der Waals surface area contributed by atoms with Gasteiger partial charge in [0.1, 0.15) is 5.76 Å². The van der Waals surface area contributed by atoms with E-state index in [9.17, 15) is 8.78 Å². The normalized spacial score (nSPS) is 12.7. The van der Waals surface area contributed by atoms with E-state index in [4.69, 9.17) is 10.2 Å². The van der Waals surface area contributed by atoms with E-state index < -0.39 is 17.7 Å². The van der Waals surface area contributed by atoms with Crippen molar-refractivity contribution in [2.45, 2.75) is 19.4 Å². The highest BCUT2D eigenvalue weighted by molar-refractivity contribution is 5.25. The van der Waals surface area contributed by atoms with Crippen LogP contribution in [-0.4, -0.2) is 0 Å². The third-order valence-electron chi connectivity index (χ3n) is 2.77. The van der Waals surface area contributed by atoms with Crippen molar-refractivity contribution in [3.05, 3.63) is 59.1 Å². The predicted octanol–water partition coefficient (Wildman–Crippen LogP) is 3.11. The average molecular weight is 237 g/mol. The quantitative estimate of drug-likeness (QED) is 0.890. The van der Waals surface area contributed by atoms with Crippen molar-refractivity contribution in [1.29, 1.82) is 0 Å². The van der Waals surface area contributed by atoms with E-state index in [-0.39, 0.29) is 12.0 Å². The second-order valence-corrected chi connectivity index (χ2v) is 3.96. The molecule has 0 spiro atoms. The molecule has 0 amide bonds. The molecule has 4 heteroatoms. The van der Waals surface area contributed by atoms with Gasteiger partial charge in [0.05, 0.1) is 6.26 Å². The van der Waals surface area contributed by atoms with Crippen molar-refractivity contribution >= 4 is 0 Å². The number of aryl methyl sites for hydroxylation is 1. The van der Waals surface area contributed by atoms with Crippen LogP contribution in [0.25, 0.3) is 0 Å². The SMILES string of the molecule is Cc1occc1C(N)Cc1cccc(F)c1F. The average Bonchev–Trinajstić information content (AvgIpc) is 2.71. The third kappa shape index (κ3) is 2.36. The molecule has 2 N–H and O–H groups in total. The molecule has 0 aliphatic rings. The standard InChI is InChI=1S/C13H13F2NO/c1-8-10(5-6-17-8)12(16)7-9-3-2-4-11(14)13(9)15/h2-6,12H,7,16H2,1H3. The summed E-state index contributed by atoms with van der Waals surface area (Å²) in [4.78, 5) is 0. The van der Waals surface area contributed by atoms with Gasteiger partial charge in [-0.05, 0) is 31.0 Å². The number of hydrogen-bond acceptors (Lipinski definition) is 2. The topological polar surface area (TPSA) is 39.2 Å². The van der Waals surface area contributed by atoms with Crippen LogP contribution in [0.4, 0.5) is 8.78 Å². The molecule has 1 atom stereocenters. The first-order chi connectivity index (χ1) is 8.09. The summed E-state index contributed by atoms with van der Waals surface area (Å²) in [5, 5.41) is 0. The van der Waals surface area contributed by atoms with Gasteiger partial charge >= 0.3 is 0 Å². The molecule has 1 aromatic carbocycles. The Balaban J connectivity index is 2.22. The first kappa shape index (κ1) is 11.8. The number of hydrogen-bond donors (Lipinski definition) is 1. The molecule has 17 heavy (non-hydrogen) atoms. The van der Waals surface area contributed by atoms with Crippen LogP contribution in [0.2, 0.25) is 0 Å². The van der Waals surface area contributed by atoms with Crippen LogP contribution in [0.3, 0.4) is 0 Å². The molecule has 0 aliphatic carbocycles. The number of rotatable bonds is 3. The van der Waals surface area contributed by atoms with Crippen molar-refractivity contribution in [2.75, 3.05) is 0 Å². The van der Waals surface area contributed by atoms with Crippen molar-refractivity contribution < 1.29 is 13.2 Å². The zero-order chi connectivity index (χ0) is 12.4. The number of benzene rings is 1. The van der Waals surface area contributed by atoms with Crippen molar-refractivity contribution in [3.8, 4) is 0 Å². The van der Waals surface area contributed by atoms with Gasteiger partial charge in [0.2, 0.25) is 0 Å². The zero-order valence-electron chi connectivity index (χ0n) is 9.41. The maximum absolute atomic E-state index is 13.5. The molecular weight excluding hydrogens is 224 g/mol. The van der Waals surface area contributed by atoms with Gasteiger partial charge in [0, 0.05) is 11.6 Å². The summed E-state index contributed by atoms with van der Waals surface area (Å²) >= 11 is 0. The van der Waals surface area contributed by atoms with E-state index in [0.29, 0.717) is 5.76 Å². The smallest absolute Gasteiger partial charge is 0.162 e. The Bertz CT molecular complexity index is 522. The zero-order valence-corrected chi connectivity index (χ0v) is 9.41. The maximum atomic E-state index is 13.5. The maximum Gasteiger partial charge on any atom is 0.162 e. The van der Waals surface area contributed by atoms with Crippen LogP contribution in [-0.2, 0) is 6.42 Å². The van der Waals surface area contributed by atoms with Crippen LogP contribution < -0.4 is 5.73 Å². The monoisotopic (exact) mass is 237 g/mol. The fourth-order valence-electron chi connectivity index (χ4n) is 1.83. The Hall–Kier alpha value is -1.68. The molecule has 0 aliphatic heterocycles. The van der Waals surface area contributed by atoms with Crippen molar-refractivity contribution in [3.63, 3.8) is 0 Å². The third-order valence-corrected chi connectivity index (χ3v) is 2.77. The van der Waals surface area contributed by atoms with Crippen molar-refractivity contribution in [2.24, 2.45) is 5.73 Å². The van der Waals surface area contributed by atoms with E-state index in [1.807, 2.05) is 0 Å². The molecular formula is C13H13F2NO. The van der Waals surface area contributed by atoms with E-state index in [1.54, 1.807) is 13.0 Å². The van der Waals surface area contributed by atoms with E-state index in [0.717, 1.165) is 11.6 Å². The summed E-state index contributed by atoms with van der Waals surface area (Å²) in [6.07, 6.45) is 1.77. The van der Waals surface area contributed by atoms with E-state index in [2.05, 4.69) is 0 Å². The van der Waals surface area contributed by atoms with Gasteiger partial charge in [-0.3, -0.25) is 0 Å². The molecule has 1 aromatic heterocycles. The molecule has 0 fully saturated rings. The largest absolute Gasteiger partial charge is 0.469 e. The summed E-state index contributed by atoms with van der Waals surface area (Å²) in [5.74, 6) is -0.975. The lowest BCUT2D eigenvalue weighted by atomic mass is 10.00. The van der Waals surface area contributed by atoms with Gasteiger partial charge in [-0.25, -0.2) is 8.78 Å². The Kier molecular flexibility index (Phi) is 3.24. The van der Waals surface area contributed by atoms with Crippen LogP contribution in [0.15, 0.2) is 34.9 Å². The van der Waals surface area contributed by atoms with Gasteiger partial charge in [-0.15, -0.1) is 0 Å². The van der Waals surface area contributed by atoms with Gasteiger partial charge in [0.15, 0.2) is 11.6 Å². The second kappa shape index (κ2) is 4.67. The molecule has 2 aromatic rings. The number of halogens is 2. The minimum atomic E-state index is -0.849. The second-order valence-electron chi connectivity index (χ2n) is 3.96. The first-order valence-electron chi connectivity index (χ1n) is 5.32. The lowest BCUT2D eigenvalue weighted by Gasteiger charge is -2.11. The van der Waals surface area contributed by atoms with Crippen LogP contribution >= 0.6 is 0 Å². The summed E-state index contributed by atoms with van der Waals surface area (Å²) < 4.78 is 31.6. The fraction of sp³-hybridized carbons (Fsp3) is 0.231. The molecule has 2 rings (SSSR count). The van der Waals surface area contributed by atoms with Gasteiger partial charge in [-0.1, -0.05) is 12.1 Å². The number of nitrogens with two attached hydrogens (primary N) is 1. The molecule has 2 nitrogen and oxygen atoms in total. The predicted molar refractivity (Wildman–Crippen MR) is 60.4 cm³/mol. The fourth-order valence-corrected chi connectivity index (χ4v) is 1.83. The molecule has 0 saturated carbocycles. The lowest BCUT2D eigenvalue weighted by Crippen LogP contribution is -2.14. The van der Waals surface area contributed by atoms with E-state index in [1.165, 1.54) is 18.4 Å². The molecule has 90 valence electrons. The Morgan fingerprint density at radius 3 is 2.71 bits per heavy atom. The summed E-state index contributed by atoms with van der Waals surface area (Å²) in [6, 6.07) is 5.45. The Labute approximate surface area is 98.0 Å². The van der Waals surface area contributed by atoms with Gasteiger partial charge in [0.25, 0.3) is 0 Å². The van der Waals surface area contributed by atoms with Gasteiger partial charge < -0.3 is 10.2 Å². The highest BCUT2D eigenvalue weighted by atomic mass is 19.2. The summed E-state index contributed by atoms with van der Waals surface area (Å²) in [7, 11) is 0. The summed E-state index contributed by atoms with van der Waals surface area (Å²) in [6.45, 7) is 1.79. The molecule has 0 saturated heterocycles. The minimum absolute atomic E-state index is 0.240. The van der Waals surface area contributed by atoms with Crippen LogP contribution in [0.1, 0.15) is 22.9 Å². The van der Waals surface area contributed by atoms with Crippen LogP contribution in [0.5, 0.6) is 0 Å². The molecule has 0 radical (unpaired) electrons. The lowest BCUT2D eigenvalue weighted by molar-refractivity contribution is 0.492. The van der Waals surface area contributed by atoms with Gasteiger partial charge in [-0.2, -0.15) is 0 Å². The molecule has 1 heterocycles. The molecule has 1 unspecified atom stereocenters.